The molecular weight excluding hydrogens is 491 g/mol. The Bertz CT molecular complexity index is 1160. The molecule has 0 radical (unpaired) electrons. The van der Waals surface area contributed by atoms with Crippen LogP contribution in [-0.4, -0.2) is 72.1 Å². The van der Waals surface area contributed by atoms with Crippen LogP contribution in [0.1, 0.15) is 5.56 Å². The third-order valence-electron chi connectivity index (χ3n) is 4.73. The maximum atomic E-state index is 12.9. The molecule has 3 rings (SSSR count). The minimum atomic E-state index is -4.67. The first kappa shape index (κ1) is 25.0. The average Bonchev–Trinajstić information content (AvgIpc) is 3.10. The Morgan fingerprint density at radius 3 is 2.61 bits per heavy atom. The number of pyridine rings is 1. The van der Waals surface area contributed by atoms with Crippen molar-refractivity contribution in [1.82, 2.24) is 9.29 Å². The van der Waals surface area contributed by atoms with Crippen molar-refractivity contribution in [2.75, 3.05) is 26.3 Å². The molecule has 178 valence electrons. The van der Waals surface area contributed by atoms with Crippen LogP contribution < -0.4 is 9.47 Å². The quantitative estimate of drug-likeness (QED) is 0.579. The second kappa shape index (κ2) is 9.32. The number of nitriles is 1. The zero-order valence-electron chi connectivity index (χ0n) is 16.7. The third kappa shape index (κ3) is 5.66. The van der Waals surface area contributed by atoms with Crippen molar-refractivity contribution in [3.05, 3.63) is 47.1 Å². The molecule has 14 heteroatoms. The van der Waals surface area contributed by atoms with Gasteiger partial charge in [-0.25, -0.2) is 13.4 Å². The smallest absolute Gasteiger partial charge is 0.422 e. The molecule has 2 heterocycles. The molecule has 9 nitrogen and oxygen atoms in total. The number of alkyl halides is 3. The van der Waals surface area contributed by atoms with E-state index in [0.29, 0.717) is 0 Å². The Hall–Kier alpha value is -2.63. The average molecular weight is 508 g/mol. The second-order valence-corrected chi connectivity index (χ2v) is 9.48. The molecule has 0 saturated carbocycles. The van der Waals surface area contributed by atoms with E-state index in [9.17, 15) is 31.8 Å². The lowest BCUT2D eigenvalue weighted by atomic mass is 10.0. The fourth-order valence-electron chi connectivity index (χ4n) is 3.06. The van der Waals surface area contributed by atoms with Crippen LogP contribution in [0.3, 0.4) is 0 Å². The van der Waals surface area contributed by atoms with Gasteiger partial charge >= 0.3 is 6.18 Å². The highest BCUT2D eigenvalue weighted by atomic mass is 35.5. The Kier molecular flexibility index (Phi) is 7.06. The first-order valence-electron chi connectivity index (χ1n) is 9.23. The van der Waals surface area contributed by atoms with Gasteiger partial charge in [-0.3, -0.25) is 0 Å². The van der Waals surface area contributed by atoms with Gasteiger partial charge in [-0.2, -0.15) is 22.7 Å². The number of aliphatic hydroxyl groups is 2. The van der Waals surface area contributed by atoms with Gasteiger partial charge in [-0.1, -0.05) is 11.6 Å². The molecule has 1 fully saturated rings. The summed E-state index contributed by atoms with van der Waals surface area (Å²) in [6.07, 6.45) is -4.93. The van der Waals surface area contributed by atoms with Crippen LogP contribution in [0, 0.1) is 11.3 Å². The van der Waals surface area contributed by atoms with Gasteiger partial charge in [0.25, 0.3) is 10.0 Å². The van der Waals surface area contributed by atoms with Gasteiger partial charge in [0.05, 0.1) is 29.8 Å². The fourth-order valence-corrected chi connectivity index (χ4v) is 4.58. The normalized spacial score (nSPS) is 21.5. The number of rotatable bonds is 7. The number of ether oxygens (including phenoxy) is 2. The van der Waals surface area contributed by atoms with E-state index in [1.54, 1.807) is 6.07 Å². The number of nitrogens with zero attached hydrogens (tertiary/aromatic N) is 3. The highest BCUT2D eigenvalue weighted by Crippen LogP contribution is 2.35. The molecule has 1 aliphatic heterocycles. The molecule has 1 aromatic carbocycles. The van der Waals surface area contributed by atoms with E-state index >= 15 is 0 Å². The fraction of sp³-hybridized carbons (Fsp3) is 0.368. The highest BCUT2D eigenvalue weighted by Gasteiger charge is 2.51. The van der Waals surface area contributed by atoms with E-state index in [1.165, 1.54) is 12.1 Å². The summed E-state index contributed by atoms with van der Waals surface area (Å²) in [4.78, 5) is 3.75. The Labute approximate surface area is 191 Å². The number of aromatic nitrogens is 1. The van der Waals surface area contributed by atoms with Crippen molar-refractivity contribution in [3.8, 4) is 17.6 Å². The molecule has 0 amide bonds. The van der Waals surface area contributed by atoms with Crippen LogP contribution in [0.5, 0.6) is 11.5 Å². The van der Waals surface area contributed by atoms with Crippen molar-refractivity contribution in [3.63, 3.8) is 0 Å². The molecule has 0 bridgehead atoms. The van der Waals surface area contributed by atoms with E-state index < -0.39 is 60.0 Å². The van der Waals surface area contributed by atoms with Gasteiger partial charge in [-0.15, -0.1) is 0 Å². The number of aliphatic hydroxyl groups excluding tert-OH is 1. The number of β-amino-alcohol motifs (C(OH)–C–C–N with tert-alkyl or cyclic N) is 1. The molecule has 2 aromatic rings. The molecule has 2 N–H and O–H groups in total. The molecule has 33 heavy (non-hydrogen) atoms. The predicted molar refractivity (Wildman–Crippen MR) is 107 cm³/mol. The van der Waals surface area contributed by atoms with Crippen LogP contribution in [0.15, 0.2) is 41.6 Å². The first-order chi connectivity index (χ1) is 15.4. The second-order valence-electron chi connectivity index (χ2n) is 7.16. The number of sulfonamides is 1. The number of hydrogen-bond acceptors (Lipinski definition) is 8. The molecule has 1 saturated heterocycles. The molecule has 1 aliphatic rings. The summed E-state index contributed by atoms with van der Waals surface area (Å²) in [6, 6.07) is 7.63. The van der Waals surface area contributed by atoms with Crippen LogP contribution in [0.2, 0.25) is 5.02 Å². The first-order valence-corrected chi connectivity index (χ1v) is 11.0. The van der Waals surface area contributed by atoms with Crippen LogP contribution in [0.25, 0.3) is 0 Å². The molecule has 2 atom stereocenters. The van der Waals surface area contributed by atoms with E-state index in [4.69, 9.17) is 26.3 Å². The summed E-state index contributed by atoms with van der Waals surface area (Å²) in [5.74, 6) is -0.716. The maximum Gasteiger partial charge on any atom is 0.422 e. The highest BCUT2D eigenvalue weighted by molar-refractivity contribution is 7.89. The topological polar surface area (TPSA) is 133 Å². The molecule has 0 unspecified atom stereocenters. The van der Waals surface area contributed by atoms with Crippen molar-refractivity contribution in [2.24, 2.45) is 0 Å². The number of halogens is 4. The lowest BCUT2D eigenvalue weighted by Gasteiger charge is -2.27. The monoisotopic (exact) mass is 507 g/mol. The largest absolute Gasteiger partial charge is 0.482 e. The van der Waals surface area contributed by atoms with Gasteiger partial charge in [0, 0.05) is 18.8 Å². The van der Waals surface area contributed by atoms with Crippen molar-refractivity contribution in [1.29, 1.82) is 5.26 Å². The number of benzene rings is 1. The summed E-state index contributed by atoms with van der Waals surface area (Å²) < 4.78 is 74.8. The zero-order chi connectivity index (χ0) is 24.4. The third-order valence-corrected chi connectivity index (χ3v) is 6.68. The summed E-state index contributed by atoms with van der Waals surface area (Å²) in [5, 5.41) is 29.4. The lowest BCUT2D eigenvalue weighted by molar-refractivity contribution is -0.153. The van der Waals surface area contributed by atoms with Crippen molar-refractivity contribution < 1.29 is 41.3 Å². The minimum absolute atomic E-state index is 0.0126. The number of hydrogen-bond donors (Lipinski definition) is 2. The van der Waals surface area contributed by atoms with Crippen LogP contribution in [-0.2, 0) is 10.0 Å². The Morgan fingerprint density at radius 2 is 2.03 bits per heavy atom. The molecule has 0 spiro atoms. The van der Waals surface area contributed by atoms with Crippen molar-refractivity contribution >= 4 is 21.6 Å². The van der Waals surface area contributed by atoms with E-state index in [0.717, 1.165) is 28.7 Å². The van der Waals surface area contributed by atoms with E-state index in [2.05, 4.69) is 4.98 Å². The maximum absolute atomic E-state index is 12.9. The summed E-state index contributed by atoms with van der Waals surface area (Å²) >= 11 is 5.73. The summed E-state index contributed by atoms with van der Waals surface area (Å²) in [5.41, 5.74) is -2.10. The van der Waals surface area contributed by atoms with Gasteiger partial charge in [0.1, 0.15) is 11.7 Å². The van der Waals surface area contributed by atoms with Gasteiger partial charge in [0.2, 0.25) is 0 Å². The minimum Gasteiger partial charge on any atom is -0.482 e. The zero-order valence-corrected chi connectivity index (χ0v) is 18.2. The van der Waals surface area contributed by atoms with E-state index in [1.807, 2.05) is 0 Å². The lowest BCUT2D eigenvalue weighted by Crippen LogP contribution is -2.48. The van der Waals surface area contributed by atoms with Gasteiger partial charge < -0.3 is 19.7 Å². The van der Waals surface area contributed by atoms with E-state index in [-0.39, 0.29) is 21.4 Å². The van der Waals surface area contributed by atoms with Crippen molar-refractivity contribution in [2.45, 2.75) is 22.9 Å². The van der Waals surface area contributed by atoms with Crippen LogP contribution >= 0.6 is 11.6 Å². The molecule has 0 aliphatic carbocycles. The SMILES string of the molecule is N#Cc1ccc(O[C@@H]2CN(S(=O)(=O)c3ccc(Cl)cn3)C[C@@]2(O)CO)c(OCC(F)(F)F)c1. The van der Waals surface area contributed by atoms with Gasteiger partial charge in [0.15, 0.2) is 23.1 Å². The molecular formula is C19H17ClF3N3O6S. The summed E-state index contributed by atoms with van der Waals surface area (Å²) in [6.45, 7) is -3.61. The summed E-state index contributed by atoms with van der Waals surface area (Å²) in [7, 11) is -4.22. The van der Waals surface area contributed by atoms with Crippen LogP contribution in [0.4, 0.5) is 13.2 Å². The van der Waals surface area contributed by atoms with Gasteiger partial charge in [-0.05, 0) is 24.3 Å². The standard InChI is InChI=1S/C19H17ClF3N3O6S/c20-13-2-4-17(25-7-13)33(29,30)26-8-16(18(28,9-26)10-27)32-14-3-1-12(6-24)5-15(14)31-11-19(21,22)23/h1-5,7,16,27-28H,8-11H2/t16-,18-/m1/s1. The Balaban J connectivity index is 1.89. The predicted octanol–water partition coefficient (Wildman–Crippen LogP) is 1.72. The molecule has 1 aromatic heterocycles. The Morgan fingerprint density at radius 1 is 1.30 bits per heavy atom.